The highest BCUT2D eigenvalue weighted by atomic mass is 32.2. The molecule has 3 saturated heterocycles. The topological polar surface area (TPSA) is 122 Å². The van der Waals surface area contributed by atoms with Gasteiger partial charge in [-0.1, -0.05) is 42.5 Å². The minimum Gasteiger partial charge on any atom is -0.457 e. The lowest BCUT2D eigenvalue weighted by Gasteiger charge is -2.60. The first-order valence-corrected chi connectivity index (χ1v) is 18.6. The predicted molar refractivity (Wildman–Crippen MR) is 185 cm³/mol. The number of hydrogen-bond acceptors (Lipinski definition) is 7. The zero-order valence-electron chi connectivity index (χ0n) is 28.1. The zero-order chi connectivity index (χ0) is 34.3. The maximum Gasteiger partial charge on any atom is 0.411 e. The Morgan fingerprint density at radius 1 is 1.08 bits per heavy atom. The van der Waals surface area contributed by atoms with E-state index in [0.29, 0.717) is 32.2 Å². The number of H-pyrrole nitrogens is 1. The number of carbonyl (C=O) groups excluding carboxylic acids is 2. The molecule has 49 heavy (non-hydrogen) atoms. The van der Waals surface area contributed by atoms with E-state index in [4.69, 9.17) is 14.5 Å². The monoisotopic (exact) mass is 682 g/mol. The highest BCUT2D eigenvalue weighted by molar-refractivity contribution is 7.89. The smallest absolute Gasteiger partial charge is 0.411 e. The van der Waals surface area contributed by atoms with Crippen LogP contribution in [0.25, 0.3) is 21.8 Å². The van der Waals surface area contributed by atoms with E-state index in [1.807, 2.05) is 45.2 Å². The van der Waals surface area contributed by atoms with E-state index in [1.165, 1.54) is 0 Å². The molecule has 0 radical (unpaired) electrons. The SMILES string of the molecule is C=C[C@H]1C[C@]23CN(S(=O)(=O)c4ccccc4)CC[C@H]2C(c2nccc4c2[nH]c2ccccc24)C[C@@]2(CCC(=O)O2)[C@@H]3N1C(=O)OC(C)(C)C. The van der Waals surface area contributed by atoms with Crippen molar-refractivity contribution in [3.05, 3.63) is 85.2 Å². The number of nitrogens with one attached hydrogen (secondary N) is 1. The fraction of sp³-hybridized carbons (Fsp3) is 0.447. The molecule has 4 aromatic rings. The van der Waals surface area contributed by atoms with E-state index < -0.39 is 44.8 Å². The summed E-state index contributed by atoms with van der Waals surface area (Å²) in [5.74, 6) is -0.603. The highest BCUT2D eigenvalue weighted by Crippen LogP contribution is 2.66. The Hall–Kier alpha value is -4.22. The van der Waals surface area contributed by atoms with Gasteiger partial charge in [-0.05, 0) is 76.6 Å². The fourth-order valence-electron chi connectivity index (χ4n) is 9.72. The van der Waals surface area contributed by atoms with E-state index >= 15 is 0 Å². The number of piperidine rings is 1. The van der Waals surface area contributed by atoms with Gasteiger partial charge in [0.1, 0.15) is 11.2 Å². The Morgan fingerprint density at radius 3 is 2.55 bits per heavy atom. The second kappa shape index (κ2) is 11.1. The third kappa shape index (κ3) is 4.91. The van der Waals surface area contributed by atoms with Crippen LogP contribution in [0.2, 0.25) is 0 Å². The van der Waals surface area contributed by atoms with E-state index in [1.54, 1.807) is 45.6 Å². The standard InChI is InChI=1S/C38H42N4O6S/c1-5-24-21-37-23-41(49(45,46)25-11-7-6-8-12-25)20-17-29(37)28(32-33-27(16-19-39-32)26-13-9-10-14-30(26)40-33)22-38(18-15-31(43)47-38)34(37)42(24)35(44)48-36(2,3)4/h5-14,16,19,24,28-29,34,40H,1,15,17-18,20-23H2,2-4H3/t24-,28?,29-,34+,37-,38-/m0/s1. The molecule has 2 aromatic carbocycles. The Morgan fingerprint density at radius 2 is 1.84 bits per heavy atom. The van der Waals surface area contributed by atoms with E-state index in [2.05, 4.69) is 23.7 Å². The molecule has 3 aliphatic heterocycles. The van der Waals surface area contributed by atoms with Crippen LogP contribution in [0.5, 0.6) is 0 Å². The third-order valence-electron chi connectivity index (χ3n) is 11.4. The van der Waals surface area contributed by atoms with Crippen molar-refractivity contribution in [3.8, 4) is 0 Å². The van der Waals surface area contributed by atoms with Gasteiger partial charge in [-0.2, -0.15) is 4.31 Å². The van der Waals surface area contributed by atoms with Crippen molar-refractivity contribution in [2.75, 3.05) is 13.1 Å². The quantitative estimate of drug-likeness (QED) is 0.192. The number of fused-ring (bicyclic) bond motifs is 4. The van der Waals surface area contributed by atoms with Crippen LogP contribution >= 0.6 is 0 Å². The van der Waals surface area contributed by atoms with Gasteiger partial charge in [0.2, 0.25) is 10.0 Å². The molecule has 1 amide bonds. The summed E-state index contributed by atoms with van der Waals surface area (Å²) in [7, 11) is -3.88. The fourth-order valence-corrected chi connectivity index (χ4v) is 11.3. The van der Waals surface area contributed by atoms with E-state index in [9.17, 15) is 18.0 Å². The molecule has 2 spiro atoms. The average molecular weight is 683 g/mol. The third-order valence-corrected chi connectivity index (χ3v) is 13.2. The molecule has 11 heteroatoms. The number of sulfonamides is 1. The number of likely N-dealkylation sites (tertiary alicyclic amines) is 1. The van der Waals surface area contributed by atoms with Crippen molar-refractivity contribution in [3.63, 3.8) is 0 Å². The molecule has 1 aliphatic carbocycles. The lowest BCUT2D eigenvalue weighted by atomic mass is 9.51. The number of para-hydroxylation sites is 1. The summed E-state index contributed by atoms with van der Waals surface area (Å²) in [4.78, 5) is 38.1. The van der Waals surface area contributed by atoms with Gasteiger partial charge in [0.25, 0.3) is 0 Å². The summed E-state index contributed by atoms with van der Waals surface area (Å²) in [6, 6.07) is 17.6. The summed E-state index contributed by atoms with van der Waals surface area (Å²) in [5, 5.41) is 2.16. The molecular weight excluding hydrogens is 641 g/mol. The maximum atomic E-state index is 14.3. The molecule has 1 saturated carbocycles. The largest absolute Gasteiger partial charge is 0.457 e. The summed E-state index contributed by atoms with van der Waals surface area (Å²) < 4.78 is 42.6. The van der Waals surface area contributed by atoms with Gasteiger partial charge < -0.3 is 14.5 Å². The lowest BCUT2D eigenvalue weighted by Crippen LogP contribution is -2.69. The first kappa shape index (κ1) is 32.0. The van der Waals surface area contributed by atoms with Crippen LogP contribution in [0.3, 0.4) is 0 Å². The Labute approximate surface area is 286 Å². The maximum absolute atomic E-state index is 14.3. The van der Waals surface area contributed by atoms with Gasteiger partial charge in [0.15, 0.2) is 0 Å². The minimum atomic E-state index is -3.88. The number of rotatable bonds is 4. The van der Waals surface area contributed by atoms with Gasteiger partial charge >= 0.3 is 12.1 Å². The number of amides is 1. The van der Waals surface area contributed by atoms with Crippen LogP contribution in [0.4, 0.5) is 4.79 Å². The van der Waals surface area contributed by atoms with Crippen LogP contribution in [-0.2, 0) is 24.3 Å². The number of aromatic nitrogens is 2. The van der Waals surface area contributed by atoms with Gasteiger partial charge in [0.05, 0.1) is 28.2 Å². The van der Waals surface area contributed by atoms with Crippen LogP contribution in [0.1, 0.15) is 64.5 Å². The molecule has 256 valence electrons. The number of aromatic amines is 1. The lowest BCUT2D eigenvalue weighted by molar-refractivity contribution is -0.176. The first-order valence-electron chi connectivity index (χ1n) is 17.1. The van der Waals surface area contributed by atoms with Gasteiger partial charge in [-0.15, -0.1) is 6.58 Å². The summed E-state index contributed by atoms with van der Waals surface area (Å²) >= 11 is 0. The summed E-state index contributed by atoms with van der Waals surface area (Å²) in [5.41, 5.74) is 0.151. The van der Waals surface area contributed by atoms with Crippen LogP contribution in [0.15, 0.2) is 84.4 Å². The number of esters is 1. The number of ether oxygens (including phenoxy) is 2. The molecule has 5 heterocycles. The zero-order valence-corrected chi connectivity index (χ0v) is 28.9. The van der Waals surface area contributed by atoms with Crippen LogP contribution < -0.4 is 0 Å². The Kier molecular flexibility index (Phi) is 7.28. The van der Waals surface area contributed by atoms with Crippen molar-refractivity contribution in [2.24, 2.45) is 11.3 Å². The molecular formula is C38H42N4O6S. The van der Waals surface area contributed by atoms with Crippen molar-refractivity contribution in [1.82, 2.24) is 19.2 Å². The molecule has 4 aliphatic rings. The van der Waals surface area contributed by atoms with Crippen molar-refractivity contribution in [1.29, 1.82) is 0 Å². The Bertz CT molecular complexity index is 2090. The average Bonchev–Trinajstić information content (AvgIpc) is 3.75. The number of pyridine rings is 1. The summed E-state index contributed by atoms with van der Waals surface area (Å²) in [6.07, 6.45) is 5.14. The molecule has 1 unspecified atom stereocenters. The van der Waals surface area contributed by atoms with E-state index in [0.717, 1.165) is 27.5 Å². The van der Waals surface area contributed by atoms with Gasteiger partial charge in [-0.3, -0.25) is 14.7 Å². The molecule has 1 N–H and O–H groups in total. The molecule has 10 nitrogen and oxygen atoms in total. The Balaban J connectivity index is 1.34. The molecule has 8 rings (SSSR count). The molecule has 0 bridgehead atoms. The van der Waals surface area contributed by atoms with Crippen LogP contribution in [-0.4, -0.2) is 76.0 Å². The number of nitrogens with zero attached hydrogens (tertiary/aromatic N) is 3. The molecule has 4 fully saturated rings. The highest BCUT2D eigenvalue weighted by Gasteiger charge is 2.72. The number of benzene rings is 2. The minimum absolute atomic E-state index is 0.0935. The number of carbonyl (C=O) groups is 2. The molecule has 2 aromatic heterocycles. The van der Waals surface area contributed by atoms with Crippen molar-refractivity contribution >= 4 is 43.9 Å². The second-order valence-electron chi connectivity index (χ2n) is 15.2. The van der Waals surface area contributed by atoms with E-state index in [-0.39, 0.29) is 35.7 Å². The van der Waals surface area contributed by atoms with Crippen molar-refractivity contribution < 1.29 is 27.5 Å². The normalized spacial score (nSPS) is 30.3. The second-order valence-corrected chi connectivity index (χ2v) is 17.2. The first-order chi connectivity index (χ1) is 23.4. The number of hydrogen-bond donors (Lipinski definition) is 1. The molecule has 6 atom stereocenters. The predicted octanol–water partition coefficient (Wildman–Crippen LogP) is 6.54. The van der Waals surface area contributed by atoms with Gasteiger partial charge in [0, 0.05) is 53.3 Å². The summed E-state index contributed by atoms with van der Waals surface area (Å²) in [6.45, 7) is 10.1. The van der Waals surface area contributed by atoms with Crippen LogP contribution in [0, 0.1) is 11.3 Å². The van der Waals surface area contributed by atoms with Crippen molar-refractivity contribution in [2.45, 2.75) is 87.0 Å². The van der Waals surface area contributed by atoms with Gasteiger partial charge in [-0.25, -0.2) is 13.2 Å².